The molecule has 84 valence electrons. The van der Waals surface area contributed by atoms with Crippen LogP contribution in [-0.2, 0) is 0 Å². The van der Waals surface area contributed by atoms with Crippen molar-refractivity contribution in [1.82, 2.24) is 9.97 Å². The van der Waals surface area contributed by atoms with Gasteiger partial charge in [-0.1, -0.05) is 18.2 Å². The van der Waals surface area contributed by atoms with Crippen molar-refractivity contribution in [3.05, 3.63) is 48.0 Å². The molecule has 0 saturated heterocycles. The number of para-hydroxylation sites is 1. The van der Waals surface area contributed by atoms with E-state index >= 15 is 0 Å². The highest BCUT2D eigenvalue weighted by molar-refractivity contribution is 8.02. The third-order valence-electron chi connectivity index (χ3n) is 2.25. The van der Waals surface area contributed by atoms with Gasteiger partial charge < -0.3 is 4.72 Å². The van der Waals surface area contributed by atoms with Crippen LogP contribution in [0.15, 0.2) is 52.3 Å². The highest BCUT2D eigenvalue weighted by Crippen LogP contribution is 2.23. The Kier molecular flexibility index (Phi) is 2.94. The molecular formula is C12H9N3S2. The van der Waals surface area contributed by atoms with Crippen molar-refractivity contribution >= 4 is 40.0 Å². The van der Waals surface area contributed by atoms with Gasteiger partial charge in [0.2, 0.25) is 0 Å². The van der Waals surface area contributed by atoms with Gasteiger partial charge in [-0.05, 0) is 18.2 Å². The number of benzene rings is 1. The summed E-state index contributed by atoms with van der Waals surface area (Å²) in [5, 5.41) is 3.11. The van der Waals surface area contributed by atoms with Gasteiger partial charge in [0.1, 0.15) is 5.82 Å². The number of anilines is 1. The summed E-state index contributed by atoms with van der Waals surface area (Å²) in [7, 11) is 0. The van der Waals surface area contributed by atoms with E-state index in [-0.39, 0.29) is 0 Å². The monoisotopic (exact) mass is 259 g/mol. The molecule has 0 saturated carbocycles. The van der Waals surface area contributed by atoms with Crippen LogP contribution in [-0.4, -0.2) is 9.97 Å². The standard InChI is InChI=1S/C12H9N3S2/c1-2-4-10-9(3-1)5-6-11(14-10)15-17-12-13-7-8-16-12/h1-8H,(H,14,15). The van der Waals surface area contributed by atoms with Crippen LogP contribution in [0.3, 0.4) is 0 Å². The van der Waals surface area contributed by atoms with E-state index in [4.69, 9.17) is 0 Å². The summed E-state index contributed by atoms with van der Waals surface area (Å²) in [5.41, 5.74) is 0.997. The van der Waals surface area contributed by atoms with Crippen LogP contribution in [0.2, 0.25) is 0 Å². The van der Waals surface area contributed by atoms with Crippen molar-refractivity contribution in [1.29, 1.82) is 0 Å². The van der Waals surface area contributed by atoms with Crippen LogP contribution >= 0.6 is 23.3 Å². The first kappa shape index (κ1) is 10.6. The minimum atomic E-state index is 0.851. The van der Waals surface area contributed by atoms with Gasteiger partial charge in [-0.3, -0.25) is 0 Å². The number of aromatic nitrogens is 2. The number of nitrogens with one attached hydrogen (secondary N) is 1. The number of fused-ring (bicyclic) bond motifs is 1. The van der Waals surface area contributed by atoms with Gasteiger partial charge in [-0.25, -0.2) is 9.97 Å². The average Bonchev–Trinajstić information content (AvgIpc) is 2.89. The van der Waals surface area contributed by atoms with Gasteiger partial charge in [0.25, 0.3) is 0 Å². The smallest absolute Gasteiger partial charge is 0.170 e. The van der Waals surface area contributed by atoms with Gasteiger partial charge in [-0.15, -0.1) is 11.3 Å². The van der Waals surface area contributed by atoms with Crippen LogP contribution in [0.1, 0.15) is 0 Å². The largest absolute Gasteiger partial charge is 0.308 e. The highest BCUT2D eigenvalue weighted by Gasteiger charge is 1.99. The van der Waals surface area contributed by atoms with Crippen LogP contribution < -0.4 is 4.72 Å². The lowest BCUT2D eigenvalue weighted by atomic mass is 10.2. The summed E-state index contributed by atoms with van der Waals surface area (Å²) in [6, 6.07) is 12.1. The Bertz CT molecular complexity index is 622. The molecule has 0 radical (unpaired) electrons. The predicted molar refractivity (Wildman–Crippen MR) is 73.3 cm³/mol. The molecule has 2 aromatic heterocycles. The van der Waals surface area contributed by atoms with Gasteiger partial charge in [0, 0.05) is 28.9 Å². The molecule has 1 N–H and O–H groups in total. The second-order valence-corrected chi connectivity index (χ2v) is 5.34. The Morgan fingerprint density at radius 1 is 1.12 bits per heavy atom. The molecule has 0 bridgehead atoms. The normalized spacial score (nSPS) is 10.6. The zero-order chi connectivity index (χ0) is 11.5. The van der Waals surface area contributed by atoms with E-state index in [9.17, 15) is 0 Å². The number of nitrogens with zero attached hydrogens (tertiary/aromatic N) is 2. The molecule has 0 aliphatic carbocycles. The summed E-state index contributed by atoms with van der Waals surface area (Å²) >= 11 is 3.09. The maximum Gasteiger partial charge on any atom is 0.170 e. The molecule has 2 heterocycles. The van der Waals surface area contributed by atoms with E-state index < -0.39 is 0 Å². The SMILES string of the molecule is c1ccc2nc(NSc3nccs3)ccc2c1. The number of thiazole rings is 1. The summed E-state index contributed by atoms with van der Waals surface area (Å²) in [6.07, 6.45) is 1.79. The predicted octanol–water partition coefficient (Wildman–Crippen LogP) is 3.81. The van der Waals surface area contributed by atoms with E-state index in [1.54, 1.807) is 17.5 Å². The molecule has 0 aliphatic rings. The van der Waals surface area contributed by atoms with Crippen LogP contribution in [0, 0.1) is 0 Å². The Morgan fingerprint density at radius 2 is 2.06 bits per heavy atom. The molecule has 0 fully saturated rings. The van der Waals surface area contributed by atoms with Crippen molar-refractivity contribution < 1.29 is 0 Å². The molecule has 0 atom stereocenters. The van der Waals surface area contributed by atoms with Crippen molar-refractivity contribution in [2.24, 2.45) is 0 Å². The fourth-order valence-electron chi connectivity index (χ4n) is 1.48. The number of rotatable bonds is 3. The second-order valence-electron chi connectivity index (χ2n) is 3.39. The third kappa shape index (κ3) is 2.40. The second kappa shape index (κ2) is 4.73. The van der Waals surface area contributed by atoms with Crippen molar-refractivity contribution in [2.45, 2.75) is 4.34 Å². The Hall–Kier alpha value is -1.59. The highest BCUT2D eigenvalue weighted by atomic mass is 32.2. The van der Waals surface area contributed by atoms with E-state index in [2.05, 4.69) is 26.8 Å². The lowest BCUT2D eigenvalue weighted by molar-refractivity contribution is 1.25. The molecular weight excluding hydrogens is 250 g/mol. The summed E-state index contributed by atoms with van der Waals surface area (Å²) < 4.78 is 4.18. The summed E-state index contributed by atoms with van der Waals surface area (Å²) in [6.45, 7) is 0. The Balaban J connectivity index is 1.81. The fraction of sp³-hybridized carbons (Fsp3) is 0. The van der Waals surface area contributed by atoms with Gasteiger partial charge in [0.15, 0.2) is 4.34 Å². The fourth-order valence-corrected chi connectivity index (χ4v) is 2.74. The molecule has 3 aromatic rings. The molecule has 0 amide bonds. The first-order valence-electron chi connectivity index (χ1n) is 5.10. The topological polar surface area (TPSA) is 37.8 Å². The van der Waals surface area contributed by atoms with E-state index in [0.717, 1.165) is 21.1 Å². The third-order valence-corrected chi connectivity index (χ3v) is 3.95. The molecule has 3 nitrogen and oxygen atoms in total. The molecule has 0 aliphatic heterocycles. The lowest BCUT2D eigenvalue weighted by Crippen LogP contribution is -1.90. The van der Waals surface area contributed by atoms with Crippen molar-refractivity contribution in [3.63, 3.8) is 0 Å². The quantitative estimate of drug-likeness (QED) is 0.726. The van der Waals surface area contributed by atoms with Gasteiger partial charge in [0.05, 0.1) is 5.52 Å². The van der Waals surface area contributed by atoms with E-state index in [1.807, 2.05) is 29.6 Å². The molecule has 0 spiro atoms. The zero-order valence-corrected chi connectivity index (χ0v) is 10.5. The minimum Gasteiger partial charge on any atom is -0.308 e. The molecule has 0 unspecified atom stereocenters. The lowest BCUT2D eigenvalue weighted by Gasteiger charge is -2.03. The van der Waals surface area contributed by atoms with Gasteiger partial charge in [-0.2, -0.15) is 0 Å². The van der Waals surface area contributed by atoms with Crippen molar-refractivity contribution in [2.75, 3.05) is 4.72 Å². The van der Waals surface area contributed by atoms with Crippen LogP contribution in [0.5, 0.6) is 0 Å². The van der Waals surface area contributed by atoms with Gasteiger partial charge >= 0.3 is 0 Å². The summed E-state index contributed by atoms with van der Waals surface area (Å²) in [4.78, 5) is 8.70. The van der Waals surface area contributed by atoms with E-state index in [1.165, 1.54) is 11.9 Å². The Morgan fingerprint density at radius 3 is 2.94 bits per heavy atom. The van der Waals surface area contributed by atoms with Crippen molar-refractivity contribution in [3.8, 4) is 0 Å². The number of hydrogen-bond donors (Lipinski definition) is 1. The molecule has 17 heavy (non-hydrogen) atoms. The zero-order valence-electron chi connectivity index (χ0n) is 8.83. The molecule has 1 aromatic carbocycles. The number of hydrogen-bond acceptors (Lipinski definition) is 5. The average molecular weight is 259 g/mol. The molecule has 5 heteroatoms. The maximum atomic E-state index is 4.52. The molecule has 3 rings (SSSR count). The minimum absolute atomic E-state index is 0.851. The maximum absolute atomic E-state index is 4.52. The van der Waals surface area contributed by atoms with Crippen LogP contribution in [0.4, 0.5) is 5.82 Å². The first-order chi connectivity index (χ1) is 8.42. The Labute approximate surface area is 107 Å². The first-order valence-corrected chi connectivity index (χ1v) is 6.79. The summed E-state index contributed by atoms with van der Waals surface area (Å²) in [5.74, 6) is 0.851. The van der Waals surface area contributed by atoms with Crippen LogP contribution in [0.25, 0.3) is 10.9 Å². The van der Waals surface area contributed by atoms with E-state index in [0.29, 0.717) is 0 Å². The number of pyridine rings is 1.